The van der Waals surface area contributed by atoms with E-state index in [4.69, 9.17) is 23.2 Å². The SMILES string of the molecule is O=CNC1(C(O)c2ccc(Cl)cc2Cl)CC1. The van der Waals surface area contributed by atoms with Crippen molar-refractivity contribution >= 4 is 29.6 Å². The van der Waals surface area contributed by atoms with Crippen molar-refractivity contribution in [3.63, 3.8) is 0 Å². The monoisotopic (exact) mass is 259 g/mol. The van der Waals surface area contributed by atoms with Crippen LogP contribution in [0.3, 0.4) is 0 Å². The van der Waals surface area contributed by atoms with Gasteiger partial charge >= 0.3 is 0 Å². The standard InChI is InChI=1S/C11H11Cl2NO2/c12-7-1-2-8(9(13)5-7)10(16)11(3-4-11)14-6-15/h1-2,5-6,10,16H,3-4H2,(H,14,15). The maximum atomic E-state index is 10.5. The van der Waals surface area contributed by atoms with Crippen LogP contribution in [0.15, 0.2) is 18.2 Å². The number of aliphatic hydroxyl groups is 1. The summed E-state index contributed by atoms with van der Waals surface area (Å²) in [4.78, 5) is 10.5. The van der Waals surface area contributed by atoms with Gasteiger partial charge in [-0.05, 0) is 25.0 Å². The van der Waals surface area contributed by atoms with Crippen molar-refractivity contribution in [2.75, 3.05) is 0 Å². The van der Waals surface area contributed by atoms with Crippen LogP contribution in [-0.4, -0.2) is 17.1 Å². The summed E-state index contributed by atoms with van der Waals surface area (Å²) in [5.41, 5.74) is 0.0529. The molecule has 5 heteroatoms. The van der Waals surface area contributed by atoms with Gasteiger partial charge in [-0.2, -0.15) is 0 Å². The van der Waals surface area contributed by atoms with Crippen molar-refractivity contribution in [3.8, 4) is 0 Å². The number of benzene rings is 1. The first-order valence-corrected chi connectivity index (χ1v) is 5.69. The van der Waals surface area contributed by atoms with E-state index >= 15 is 0 Å². The van der Waals surface area contributed by atoms with Crippen LogP contribution in [0.2, 0.25) is 10.0 Å². The van der Waals surface area contributed by atoms with Gasteiger partial charge in [0.2, 0.25) is 6.41 Å². The number of hydrogen-bond acceptors (Lipinski definition) is 2. The predicted octanol–water partition coefficient (Wildman–Crippen LogP) is 2.31. The molecule has 0 heterocycles. The molecule has 0 aliphatic heterocycles. The van der Waals surface area contributed by atoms with Crippen LogP contribution >= 0.6 is 23.2 Å². The van der Waals surface area contributed by atoms with E-state index in [9.17, 15) is 9.90 Å². The number of aliphatic hydroxyl groups excluding tert-OH is 1. The number of hydrogen-bond donors (Lipinski definition) is 2. The lowest BCUT2D eigenvalue weighted by atomic mass is 10.0. The maximum absolute atomic E-state index is 10.5. The minimum atomic E-state index is -0.789. The van der Waals surface area contributed by atoms with Crippen LogP contribution in [0.5, 0.6) is 0 Å². The molecule has 0 bridgehead atoms. The van der Waals surface area contributed by atoms with Crippen LogP contribution in [-0.2, 0) is 4.79 Å². The topological polar surface area (TPSA) is 49.3 Å². The zero-order valence-corrected chi connectivity index (χ0v) is 9.92. The zero-order chi connectivity index (χ0) is 11.8. The Morgan fingerprint density at radius 3 is 2.62 bits per heavy atom. The second-order valence-electron chi connectivity index (χ2n) is 3.99. The Balaban J connectivity index is 2.27. The van der Waals surface area contributed by atoms with E-state index < -0.39 is 11.6 Å². The molecule has 0 radical (unpaired) electrons. The van der Waals surface area contributed by atoms with Crippen molar-refractivity contribution in [1.29, 1.82) is 0 Å². The Bertz CT molecular complexity index is 418. The Labute approximate surface area is 103 Å². The fourth-order valence-electron chi connectivity index (χ4n) is 1.77. The fraction of sp³-hybridized carbons (Fsp3) is 0.364. The molecule has 1 aromatic carbocycles. The number of halogens is 2. The van der Waals surface area contributed by atoms with Gasteiger partial charge < -0.3 is 10.4 Å². The molecular weight excluding hydrogens is 249 g/mol. The van der Waals surface area contributed by atoms with Crippen molar-refractivity contribution in [1.82, 2.24) is 5.32 Å². The molecule has 0 saturated heterocycles. The van der Waals surface area contributed by atoms with Crippen molar-refractivity contribution in [3.05, 3.63) is 33.8 Å². The number of amides is 1. The molecule has 0 spiro atoms. The van der Waals surface area contributed by atoms with Crippen LogP contribution in [0.4, 0.5) is 0 Å². The first kappa shape index (κ1) is 11.7. The molecule has 1 aliphatic rings. The summed E-state index contributed by atoms with van der Waals surface area (Å²) in [5.74, 6) is 0. The minimum absolute atomic E-state index is 0.416. The van der Waals surface area contributed by atoms with E-state index in [0.717, 1.165) is 12.8 Å². The average Bonchev–Trinajstić information content (AvgIpc) is 2.99. The highest BCUT2D eigenvalue weighted by Gasteiger charge is 2.49. The van der Waals surface area contributed by atoms with Gasteiger partial charge in [-0.25, -0.2) is 0 Å². The quantitative estimate of drug-likeness (QED) is 0.816. The summed E-state index contributed by atoms with van der Waals surface area (Å²) in [6.07, 6.45) is 1.33. The number of rotatable bonds is 4. The minimum Gasteiger partial charge on any atom is -0.386 e. The molecular formula is C11H11Cl2NO2. The van der Waals surface area contributed by atoms with E-state index in [2.05, 4.69) is 5.32 Å². The molecule has 1 fully saturated rings. The van der Waals surface area contributed by atoms with Gasteiger partial charge in [0.05, 0.1) is 5.54 Å². The van der Waals surface area contributed by atoms with Crippen molar-refractivity contribution < 1.29 is 9.90 Å². The first-order chi connectivity index (χ1) is 7.59. The predicted molar refractivity (Wildman–Crippen MR) is 62.6 cm³/mol. The second kappa shape index (κ2) is 4.24. The van der Waals surface area contributed by atoms with E-state index in [1.807, 2.05) is 0 Å². The molecule has 1 unspecified atom stereocenters. The summed E-state index contributed by atoms with van der Waals surface area (Å²) < 4.78 is 0. The van der Waals surface area contributed by atoms with Crippen molar-refractivity contribution in [2.45, 2.75) is 24.5 Å². The third-order valence-electron chi connectivity index (χ3n) is 2.92. The molecule has 1 aliphatic carbocycles. The zero-order valence-electron chi connectivity index (χ0n) is 8.41. The Morgan fingerprint density at radius 1 is 1.44 bits per heavy atom. The normalized spacial score (nSPS) is 18.9. The molecule has 2 N–H and O–H groups in total. The third kappa shape index (κ3) is 2.03. The van der Waals surface area contributed by atoms with Gasteiger partial charge in [0.1, 0.15) is 6.10 Å². The van der Waals surface area contributed by atoms with Gasteiger partial charge in [0, 0.05) is 15.6 Å². The van der Waals surface area contributed by atoms with Gasteiger partial charge in [-0.1, -0.05) is 29.3 Å². The van der Waals surface area contributed by atoms with Crippen LogP contribution in [0.25, 0.3) is 0 Å². The molecule has 1 saturated carbocycles. The third-order valence-corrected chi connectivity index (χ3v) is 3.48. The molecule has 3 nitrogen and oxygen atoms in total. The number of carbonyl (C=O) groups excluding carboxylic acids is 1. The lowest BCUT2D eigenvalue weighted by Gasteiger charge is -2.22. The first-order valence-electron chi connectivity index (χ1n) is 4.93. The van der Waals surface area contributed by atoms with Crippen LogP contribution < -0.4 is 5.32 Å². The molecule has 16 heavy (non-hydrogen) atoms. The largest absolute Gasteiger partial charge is 0.386 e. The Hall–Kier alpha value is -0.770. The van der Waals surface area contributed by atoms with Gasteiger partial charge in [0.25, 0.3) is 0 Å². The van der Waals surface area contributed by atoms with E-state index in [1.54, 1.807) is 18.2 Å². The highest BCUT2D eigenvalue weighted by molar-refractivity contribution is 6.35. The summed E-state index contributed by atoms with van der Waals surface area (Å²) >= 11 is 11.8. The molecule has 2 rings (SSSR count). The summed E-state index contributed by atoms with van der Waals surface area (Å²) in [6, 6.07) is 4.93. The van der Waals surface area contributed by atoms with E-state index in [-0.39, 0.29) is 0 Å². The maximum Gasteiger partial charge on any atom is 0.207 e. The molecule has 1 atom stereocenters. The lowest BCUT2D eigenvalue weighted by Crippen LogP contribution is -2.36. The number of nitrogens with one attached hydrogen (secondary N) is 1. The fourth-order valence-corrected chi connectivity index (χ4v) is 2.28. The molecule has 86 valence electrons. The number of carbonyl (C=O) groups is 1. The van der Waals surface area contributed by atoms with Crippen LogP contribution in [0, 0.1) is 0 Å². The van der Waals surface area contributed by atoms with Crippen molar-refractivity contribution in [2.24, 2.45) is 0 Å². The molecule has 1 amide bonds. The highest BCUT2D eigenvalue weighted by atomic mass is 35.5. The average molecular weight is 260 g/mol. The Kier molecular flexibility index (Phi) is 3.10. The van der Waals surface area contributed by atoms with Gasteiger partial charge in [-0.3, -0.25) is 4.79 Å². The Morgan fingerprint density at radius 2 is 2.12 bits per heavy atom. The second-order valence-corrected chi connectivity index (χ2v) is 4.83. The molecule has 1 aromatic rings. The summed E-state index contributed by atoms with van der Waals surface area (Å²) in [6.45, 7) is 0. The lowest BCUT2D eigenvalue weighted by molar-refractivity contribution is -0.111. The van der Waals surface area contributed by atoms with Gasteiger partial charge in [0.15, 0.2) is 0 Å². The van der Waals surface area contributed by atoms with Gasteiger partial charge in [-0.15, -0.1) is 0 Å². The van der Waals surface area contributed by atoms with E-state index in [1.165, 1.54) is 0 Å². The summed E-state index contributed by atoms with van der Waals surface area (Å²) in [7, 11) is 0. The van der Waals surface area contributed by atoms with Crippen LogP contribution in [0.1, 0.15) is 24.5 Å². The van der Waals surface area contributed by atoms with E-state index in [0.29, 0.717) is 22.0 Å². The molecule has 0 aromatic heterocycles. The smallest absolute Gasteiger partial charge is 0.207 e. The highest BCUT2D eigenvalue weighted by Crippen LogP contribution is 2.47. The summed E-state index contributed by atoms with van der Waals surface area (Å²) in [5, 5.41) is 13.8.